The van der Waals surface area contributed by atoms with E-state index in [1.807, 2.05) is 0 Å². The van der Waals surface area contributed by atoms with Crippen LogP contribution in [0, 0.1) is 0 Å². The summed E-state index contributed by atoms with van der Waals surface area (Å²) < 4.78 is 22.8. The summed E-state index contributed by atoms with van der Waals surface area (Å²) in [4.78, 5) is 25.1. The lowest BCUT2D eigenvalue weighted by molar-refractivity contribution is -0.141. The number of rotatable bonds is 3. The molecule has 2 unspecified atom stereocenters. The van der Waals surface area contributed by atoms with Gasteiger partial charge in [-0.25, -0.2) is 13.2 Å². The molecule has 1 aromatic rings. The smallest absolute Gasteiger partial charge is 0.327 e. The van der Waals surface area contributed by atoms with E-state index in [4.69, 9.17) is 5.11 Å². The molecule has 6 nitrogen and oxygen atoms in total. The van der Waals surface area contributed by atoms with Gasteiger partial charge in [0.15, 0.2) is 9.84 Å². The second-order valence-corrected chi connectivity index (χ2v) is 8.16. The Bertz CT molecular complexity index is 668. The molecule has 1 fully saturated rings. The van der Waals surface area contributed by atoms with Crippen LogP contribution >= 0.6 is 11.8 Å². The normalized spacial score (nSPS) is 22.3. The third-order valence-corrected chi connectivity index (χ3v) is 5.62. The Hall–Kier alpha value is -1.54. The Morgan fingerprint density at radius 3 is 2.33 bits per heavy atom. The minimum absolute atomic E-state index is 0.123. The molecule has 1 aromatic carbocycles. The molecule has 0 spiro atoms. The van der Waals surface area contributed by atoms with Gasteiger partial charge in [0, 0.05) is 17.6 Å². The fourth-order valence-corrected chi connectivity index (χ4v) is 3.93. The quantitative estimate of drug-likeness (QED) is 0.892. The molecule has 1 amide bonds. The highest BCUT2D eigenvalue weighted by Crippen LogP contribution is 2.30. The first-order valence-electron chi connectivity index (χ1n) is 6.19. The van der Waals surface area contributed by atoms with Crippen molar-refractivity contribution in [3.8, 4) is 0 Å². The van der Waals surface area contributed by atoms with Crippen LogP contribution in [-0.2, 0) is 14.6 Å². The zero-order valence-corrected chi connectivity index (χ0v) is 13.1. The summed E-state index contributed by atoms with van der Waals surface area (Å²) in [6, 6.07) is 4.67. The van der Waals surface area contributed by atoms with Crippen LogP contribution in [-0.4, -0.2) is 53.7 Å². The van der Waals surface area contributed by atoms with Crippen molar-refractivity contribution < 1.29 is 23.1 Å². The van der Waals surface area contributed by atoms with Gasteiger partial charge in [-0.15, -0.1) is 11.8 Å². The summed E-state index contributed by atoms with van der Waals surface area (Å²) >= 11 is 1.40. The van der Waals surface area contributed by atoms with Gasteiger partial charge in [0.05, 0.1) is 10.3 Å². The van der Waals surface area contributed by atoms with Crippen LogP contribution in [0.5, 0.6) is 0 Å². The molecule has 0 radical (unpaired) electrons. The van der Waals surface area contributed by atoms with Crippen molar-refractivity contribution in [2.24, 2.45) is 0 Å². The number of carboxylic acid groups (broad SMARTS) is 1. The summed E-state index contributed by atoms with van der Waals surface area (Å²) in [5.41, 5.74) is 0.281. The van der Waals surface area contributed by atoms with Gasteiger partial charge in [0.1, 0.15) is 6.04 Å². The zero-order valence-electron chi connectivity index (χ0n) is 11.5. The standard InChI is InChI=1S/C13H15NO5S2/c1-8-14(11(7-20-8)13(16)17)12(15)9-3-5-10(6-4-9)21(2,18)19/h3-6,8,11H,7H2,1-2H3,(H,16,17). The van der Waals surface area contributed by atoms with E-state index in [0.29, 0.717) is 5.75 Å². The van der Waals surface area contributed by atoms with Crippen molar-refractivity contribution >= 4 is 33.5 Å². The summed E-state index contributed by atoms with van der Waals surface area (Å²) in [6.45, 7) is 1.77. The number of nitrogens with zero attached hydrogens (tertiary/aromatic N) is 1. The maximum atomic E-state index is 12.4. The fourth-order valence-electron chi connectivity index (χ4n) is 2.14. The molecule has 1 N–H and O–H groups in total. The maximum Gasteiger partial charge on any atom is 0.327 e. The van der Waals surface area contributed by atoms with Crippen molar-refractivity contribution in [1.29, 1.82) is 0 Å². The first-order valence-corrected chi connectivity index (χ1v) is 9.13. The Morgan fingerprint density at radius 2 is 1.86 bits per heavy atom. The van der Waals surface area contributed by atoms with Gasteiger partial charge in [-0.2, -0.15) is 0 Å². The monoisotopic (exact) mass is 329 g/mol. The van der Waals surface area contributed by atoms with E-state index in [1.54, 1.807) is 6.92 Å². The number of carboxylic acids is 1. The predicted octanol–water partition coefficient (Wildman–Crippen LogP) is 1.08. The van der Waals surface area contributed by atoms with Gasteiger partial charge < -0.3 is 10.0 Å². The fraction of sp³-hybridized carbons (Fsp3) is 0.385. The third-order valence-electron chi connectivity index (χ3n) is 3.27. The number of sulfone groups is 1. The average Bonchev–Trinajstić information content (AvgIpc) is 2.79. The molecule has 0 bridgehead atoms. The summed E-state index contributed by atoms with van der Waals surface area (Å²) in [6.07, 6.45) is 1.09. The average molecular weight is 329 g/mol. The lowest BCUT2D eigenvalue weighted by atomic mass is 10.1. The first-order chi connectivity index (χ1) is 9.71. The van der Waals surface area contributed by atoms with Crippen molar-refractivity contribution in [3.63, 3.8) is 0 Å². The molecule has 2 atom stereocenters. The van der Waals surface area contributed by atoms with Crippen LogP contribution in [0.3, 0.4) is 0 Å². The molecule has 1 saturated heterocycles. The molecule has 1 aliphatic heterocycles. The van der Waals surface area contributed by atoms with Gasteiger partial charge in [0.25, 0.3) is 5.91 Å². The Morgan fingerprint density at radius 1 is 1.29 bits per heavy atom. The van der Waals surface area contributed by atoms with Crippen molar-refractivity contribution in [3.05, 3.63) is 29.8 Å². The molecule has 0 aromatic heterocycles. The first kappa shape index (κ1) is 15.8. The molecule has 21 heavy (non-hydrogen) atoms. The van der Waals surface area contributed by atoms with E-state index in [9.17, 15) is 18.0 Å². The van der Waals surface area contributed by atoms with Crippen molar-refractivity contribution in [1.82, 2.24) is 4.90 Å². The molecule has 0 saturated carbocycles. The SMILES string of the molecule is CC1SCC(C(=O)O)N1C(=O)c1ccc(S(C)(=O)=O)cc1. The summed E-state index contributed by atoms with van der Waals surface area (Å²) in [7, 11) is -3.32. The van der Waals surface area contributed by atoms with Crippen LogP contribution in [0.1, 0.15) is 17.3 Å². The van der Waals surface area contributed by atoms with Gasteiger partial charge >= 0.3 is 5.97 Å². The maximum absolute atomic E-state index is 12.4. The number of carbonyl (C=O) groups excluding carboxylic acids is 1. The molecular weight excluding hydrogens is 314 g/mol. The van der Waals surface area contributed by atoms with Gasteiger partial charge in [0.2, 0.25) is 0 Å². The topological polar surface area (TPSA) is 91.8 Å². The zero-order chi connectivity index (χ0) is 15.8. The van der Waals surface area contributed by atoms with Crippen LogP contribution in [0.4, 0.5) is 0 Å². The Kier molecular flexibility index (Phi) is 4.29. The van der Waals surface area contributed by atoms with E-state index in [-0.39, 0.29) is 15.8 Å². The predicted molar refractivity (Wildman–Crippen MR) is 79.1 cm³/mol. The van der Waals surface area contributed by atoms with Gasteiger partial charge in [-0.05, 0) is 31.2 Å². The number of benzene rings is 1. The highest BCUT2D eigenvalue weighted by Gasteiger charge is 2.39. The number of carbonyl (C=O) groups is 2. The lowest BCUT2D eigenvalue weighted by Gasteiger charge is -2.25. The third kappa shape index (κ3) is 3.21. The number of hydrogen-bond donors (Lipinski definition) is 1. The second-order valence-electron chi connectivity index (χ2n) is 4.80. The molecule has 0 aliphatic carbocycles. The largest absolute Gasteiger partial charge is 0.480 e. The van der Waals surface area contributed by atoms with Crippen LogP contribution < -0.4 is 0 Å². The minimum Gasteiger partial charge on any atom is -0.480 e. The van der Waals surface area contributed by atoms with E-state index in [0.717, 1.165) is 6.26 Å². The lowest BCUT2D eigenvalue weighted by Crippen LogP contribution is -2.44. The van der Waals surface area contributed by atoms with Crippen LogP contribution in [0.25, 0.3) is 0 Å². The van der Waals surface area contributed by atoms with E-state index >= 15 is 0 Å². The van der Waals surface area contributed by atoms with Gasteiger partial charge in [-0.3, -0.25) is 4.79 Å². The van der Waals surface area contributed by atoms with Crippen molar-refractivity contribution in [2.45, 2.75) is 23.2 Å². The van der Waals surface area contributed by atoms with Crippen molar-refractivity contribution in [2.75, 3.05) is 12.0 Å². The summed E-state index contributed by atoms with van der Waals surface area (Å²) in [5, 5.41) is 8.93. The number of hydrogen-bond acceptors (Lipinski definition) is 5. The highest BCUT2D eigenvalue weighted by atomic mass is 32.2. The molecule has 8 heteroatoms. The Labute approximate surface area is 127 Å². The number of amides is 1. The Balaban J connectivity index is 2.29. The van der Waals surface area contributed by atoms with Crippen LogP contribution in [0.2, 0.25) is 0 Å². The number of aliphatic carboxylic acids is 1. The summed E-state index contributed by atoms with van der Waals surface area (Å²) in [5.74, 6) is -1.09. The molecular formula is C13H15NO5S2. The molecule has 114 valence electrons. The van der Waals surface area contributed by atoms with E-state index in [2.05, 4.69) is 0 Å². The van der Waals surface area contributed by atoms with E-state index < -0.39 is 27.8 Å². The highest BCUT2D eigenvalue weighted by molar-refractivity contribution is 8.00. The molecule has 1 aliphatic rings. The van der Waals surface area contributed by atoms with E-state index in [1.165, 1.54) is 40.9 Å². The van der Waals surface area contributed by atoms with Crippen LogP contribution in [0.15, 0.2) is 29.2 Å². The molecule has 1 heterocycles. The van der Waals surface area contributed by atoms with Gasteiger partial charge in [-0.1, -0.05) is 0 Å². The minimum atomic E-state index is -3.32. The molecule has 2 rings (SSSR count). The number of thioether (sulfide) groups is 1. The second kappa shape index (κ2) is 5.69.